The van der Waals surface area contributed by atoms with Gasteiger partial charge in [-0.15, -0.1) is 0 Å². The lowest BCUT2D eigenvalue weighted by Gasteiger charge is -2.56. The van der Waals surface area contributed by atoms with E-state index in [0.717, 1.165) is 5.56 Å². The minimum absolute atomic E-state index is 0.0652. The fourth-order valence-corrected chi connectivity index (χ4v) is 3.31. The van der Waals surface area contributed by atoms with E-state index in [0.29, 0.717) is 12.8 Å². The normalized spacial score (nSPS) is 40.4. The van der Waals surface area contributed by atoms with Gasteiger partial charge in [-0.05, 0) is 25.3 Å². The Balaban J connectivity index is 1.84. The predicted molar refractivity (Wildman–Crippen MR) is 74.3 cm³/mol. The average Bonchev–Trinajstić information content (AvgIpc) is 2.47. The first-order chi connectivity index (χ1) is 10.3. The Kier molecular flexibility index (Phi) is 3.76. The molecule has 0 aliphatic carbocycles. The van der Waals surface area contributed by atoms with Crippen LogP contribution in [0.2, 0.25) is 0 Å². The first-order valence-corrected chi connectivity index (χ1v) is 7.42. The van der Waals surface area contributed by atoms with Gasteiger partial charge in [-0.25, -0.2) is 0 Å². The number of fused-ring (bicyclic) bond motifs is 2. The van der Waals surface area contributed by atoms with Gasteiger partial charge in [-0.1, -0.05) is 30.3 Å². The molecule has 1 aromatic rings. The number of halogens is 2. The van der Waals surface area contributed by atoms with Gasteiger partial charge in [0, 0.05) is 6.42 Å². The van der Waals surface area contributed by atoms with Gasteiger partial charge in [0.15, 0.2) is 6.10 Å². The van der Waals surface area contributed by atoms with Crippen molar-refractivity contribution in [2.75, 3.05) is 0 Å². The molecule has 0 unspecified atom stereocenters. The van der Waals surface area contributed by atoms with E-state index in [1.807, 2.05) is 6.07 Å². The number of hydrogen-bond acceptors (Lipinski definition) is 4. The van der Waals surface area contributed by atoms with Crippen molar-refractivity contribution in [3.05, 3.63) is 35.9 Å². The topological polar surface area (TPSA) is 58.9 Å². The van der Waals surface area contributed by atoms with E-state index in [4.69, 9.17) is 9.47 Å². The molecule has 2 aliphatic heterocycles. The summed E-state index contributed by atoms with van der Waals surface area (Å²) in [6, 6.07) is 8.87. The SMILES string of the molecule is C[C@]12CCC[C@](O)(O1)C(F)(F)[C@H](OCc1ccccc1)[C@@H]2O. The van der Waals surface area contributed by atoms with E-state index in [9.17, 15) is 19.0 Å². The molecule has 22 heavy (non-hydrogen) atoms. The number of ether oxygens (including phenoxy) is 2. The van der Waals surface area contributed by atoms with Crippen molar-refractivity contribution in [3.8, 4) is 0 Å². The molecule has 0 saturated carbocycles. The minimum Gasteiger partial charge on any atom is -0.387 e. The number of benzene rings is 1. The highest BCUT2D eigenvalue weighted by Crippen LogP contribution is 2.52. The molecule has 0 amide bonds. The number of rotatable bonds is 3. The van der Waals surface area contributed by atoms with Crippen LogP contribution in [-0.4, -0.2) is 39.7 Å². The van der Waals surface area contributed by atoms with Crippen molar-refractivity contribution in [1.29, 1.82) is 0 Å². The first kappa shape index (κ1) is 15.8. The van der Waals surface area contributed by atoms with E-state index in [1.165, 1.54) is 6.92 Å². The van der Waals surface area contributed by atoms with Gasteiger partial charge in [0.2, 0.25) is 5.79 Å². The van der Waals surface area contributed by atoms with Crippen LogP contribution in [0.1, 0.15) is 31.7 Å². The number of aliphatic hydroxyl groups excluding tert-OH is 1. The van der Waals surface area contributed by atoms with Crippen molar-refractivity contribution in [2.24, 2.45) is 0 Å². The van der Waals surface area contributed by atoms with Crippen LogP contribution in [0.4, 0.5) is 8.78 Å². The maximum atomic E-state index is 14.6. The third kappa shape index (κ3) is 2.34. The third-order valence-corrected chi connectivity index (χ3v) is 4.65. The Hall–Kier alpha value is -1.08. The van der Waals surface area contributed by atoms with Crippen LogP contribution >= 0.6 is 0 Å². The molecule has 4 nitrogen and oxygen atoms in total. The monoisotopic (exact) mass is 314 g/mol. The maximum Gasteiger partial charge on any atom is 0.328 e. The fourth-order valence-electron chi connectivity index (χ4n) is 3.31. The summed E-state index contributed by atoms with van der Waals surface area (Å²) >= 11 is 0. The largest absolute Gasteiger partial charge is 0.387 e. The Labute approximate surface area is 127 Å². The molecule has 122 valence electrons. The Bertz CT molecular complexity index is 538. The van der Waals surface area contributed by atoms with Crippen molar-refractivity contribution in [3.63, 3.8) is 0 Å². The molecule has 4 atom stereocenters. The summed E-state index contributed by atoms with van der Waals surface area (Å²) in [6.07, 6.45) is -2.72. The third-order valence-electron chi connectivity index (χ3n) is 4.65. The fraction of sp³-hybridized carbons (Fsp3) is 0.625. The second kappa shape index (κ2) is 5.23. The van der Waals surface area contributed by atoms with Crippen LogP contribution < -0.4 is 0 Å². The van der Waals surface area contributed by atoms with Gasteiger partial charge < -0.3 is 19.7 Å². The molecule has 2 fully saturated rings. The molecule has 2 N–H and O–H groups in total. The Morgan fingerprint density at radius 3 is 2.64 bits per heavy atom. The van der Waals surface area contributed by atoms with E-state index >= 15 is 0 Å². The summed E-state index contributed by atoms with van der Waals surface area (Å²) in [4.78, 5) is 0. The van der Waals surface area contributed by atoms with Crippen LogP contribution in [0.3, 0.4) is 0 Å². The summed E-state index contributed by atoms with van der Waals surface area (Å²) in [5, 5.41) is 20.5. The summed E-state index contributed by atoms with van der Waals surface area (Å²) in [6.45, 7) is 1.47. The zero-order chi connectivity index (χ0) is 16.0. The highest BCUT2D eigenvalue weighted by atomic mass is 19.3. The van der Waals surface area contributed by atoms with E-state index < -0.39 is 29.5 Å². The number of aliphatic hydroxyl groups is 2. The maximum absolute atomic E-state index is 14.6. The van der Waals surface area contributed by atoms with E-state index in [1.54, 1.807) is 24.3 Å². The molecule has 0 spiro atoms. The van der Waals surface area contributed by atoms with Crippen LogP contribution in [0.15, 0.2) is 30.3 Å². The Morgan fingerprint density at radius 1 is 1.27 bits per heavy atom. The minimum atomic E-state index is -3.68. The standard InChI is InChI=1S/C16H20F2O4/c1-14-8-5-9-15(20,22-14)16(17,18)13(12(14)19)21-10-11-6-3-2-4-7-11/h2-4,6-7,12-13,19-20H,5,8-10H2,1H3/t12-,13+,14+,15-/m0/s1. The smallest absolute Gasteiger partial charge is 0.328 e. The van der Waals surface area contributed by atoms with Gasteiger partial charge in [-0.2, -0.15) is 8.78 Å². The molecule has 2 aliphatic rings. The van der Waals surface area contributed by atoms with Crippen molar-refractivity contribution in [1.82, 2.24) is 0 Å². The molecule has 0 radical (unpaired) electrons. The quantitative estimate of drug-likeness (QED) is 0.898. The van der Waals surface area contributed by atoms with Crippen molar-refractivity contribution >= 4 is 0 Å². The number of alkyl halides is 2. The van der Waals surface area contributed by atoms with Gasteiger partial charge in [0.05, 0.1) is 12.2 Å². The van der Waals surface area contributed by atoms with Crippen LogP contribution in [-0.2, 0) is 16.1 Å². The summed E-state index contributed by atoms with van der Waals surface area (Å²) < 4.78 is 39.7. The van der Waals surface area contributed by atoms with Crippen molar-refractivity contribution in [2.45, 2.75) is 62.3 Å². The summed E-state index contributed by atoms with van der Waals surface area (Å²) in [5.74, 6) is -6.26. The second-order valence-electron chi connectivity index (χ2n) is 6.34. The number of hydrogen-bond donors (Lipinski definition) is 2. The molecular formula is C16H20F2O4. The average molecular weight is 314 g/mol. The van der Waals surface area contributed by atoms with E-state index in [2.05, 4.69) is 0 Å². The van der Waals surface area contributed by atoms with Gasteiger partial charge in [0.1, 0.15) is 6.10 Å². The zero-order valence-electron chi connectivity index (χ0n) is 12.3. The van der Waals surface area contributed by atoms with Crippen LogP contribution in [0, 0.1) is 0 Å². The predicted octanol–water partition coefficient (Wildman–Crippen LogP) is 2.23. The van der Waals surface area contributed by atoms with Gasteiger partial charge in [0.25, 0.3) is 0 Å². The molecule has 2 heterocycles. The molecule has 6 heteroatoms. The molecule has 0 aromatic heterocycles. The summed E-state index contributed by atoms with van der Waals surface area (Å²) in [7, 11) is 0. The first-order valence-electron chi connectivity index (χ1n) is 7.42. The molecule has 3 rings (SSSR count). The lowest BCUT2D eigenvalue weighted by Crippen LogP contribution is -2.74. The van der Waals surface area contributed by atoms with Gasteiger partial charge in [-0.3, -0.25) is 0 Å². The molecular weight excluding hydrogens is 294 g/mol. The lowest BCUT2D eigenvalue weighted by molar-refractivity contribution is -0.443. The lowest BCUT2D eigenvalue weighted by atomic mass is 9.75. The van der Waals surface area contributed by atoms with Crippen LogP contribution in [0.25, 0.3) is 0 Å². The van der Waals surface area contributed by atoms with E-state index in [-0.39, 0.29) is 13.0 Å². The summed E-state index contributed by atoms with van der Waals surface area (Å²) in [5.41, 5.74) is -0.505. The molecule has 2 saturated heterocycles. The van der Waals surface area contributed by atoms with Crippen LogP contribution in [0.5, 0.6) is 0 Å². The molecule has 1 aromatic carbocycles. The highest BCUT2D eigenvalue weighted by Gasteiger charge is 2.71. The zero-order valence-corrected chi connectivity index (χ0v) is 12.3. The molecule has 2 bridgehead atoms. The Morgan fingerprint density at radius 2 is 1.95 bits per heavy atom. The second-order valence-corrected chi connectivity index (χ2v) is 6.34. The van der Waals surface area contributed by atoms with Crippen molar-refractivity contribution < 1.29 is 28.5 Å². The highest BCUT2D eigenvalue weighted by molar-refractivity contribution is 5.14. The van der Waals surface area contributed by atoms with Gasteiger partial charge >= 0.3 is 5.92 Å².